The van der Waals surface area contributed by atoms with Crippen LogP contribution in [0.2, 0.25) is 0 Å². The minimum absolute atomic E-state index is 0. The van der Waals surface area contributed by atoms with Gasteiger partial charge in [-0.2, -0.15) is 0 Å². The molecule has 1 amide bonds. The molecule has 0 bridgehead atoms. The first-order chi connectivity index (χ1) is 7.77. The van der Waals surface area contributed by atoms with E-state index in [0.717, 1.165) is 31.7 Å². The molecule has 3 N–H and O–H groups in total. The van der Waals surface area contributed by atoms with Gasteiger partial charge in [0, 0.05) is 12.6 Å². The van der Waals surface area contributed by atoms with Crippen molar-refractivity contribution in [3.63, 3.8) is 0 Å². The van der Waals surface area contributed by atoms with Crippen LogP contribution in [-0.2, 0) is 4.79 Å². The quantitative estimate of drug-likeness (QED) is 0.818. The van der Waals surface area contributed by atoms with Gasteiger partial charge in [0.1, 0.15) is 0 Å². The van der Waals surface area contributed by atoms with E-state index in [1.807, 2.05) is 0 Å². The lowest BCUT2D eigenvalue weighted by atomic mass is 9.89. The molecule has 3 nitrogen and oxygen atoms in total. The van der Waals surface area contributed by atoms with Gasteiger partial charge in [-0.05, 0) is 31.6 Å². The van der Waals surface area contributed by atoms with E-state index in [9.17, 15) is 4.79 Å². The largest absolute Gasteiger partial charge is 0.356 e. The van der Waals surface area contributed by atoms with Crippen LogP contribution < -0.4 is 11.1 Å². The number of amides is 1. The molecule has 2 unspecified atom stereocenters. The maximum Gasteiger partial charge on any atom is 0.224 e. The van der Waals surface area contributed by atoms with Gasteiger partial charge < -0.3 is 11.1 Å². The molecule has 2 aliphatic carbocycles. The lowest BCUT2D eigenvalue weighted by Gasteiger charge is -2.23. The molecular weight excluding hydrogens is 236 g/mol. The molecule has 100 valence electrons. The zero-order valence-corrected chi connectivity index (χ0v) is 11.3. The molecule has 0 aromatic rings. The fourth-order valence-corrected chi connectivity index (χ4v) is 3.08. The maximum absolute atomic E-state index is 11.9. The molecule has 2 atom stereocenters. The summed E-state index contributed by atoms with van der Waals surface area (Å²) in [6, 6.07) is 0.103. The maximum atomic E-state index is 11.9. The Bertz CT molecular complexity index is 242. The minimum Gasteiger partial charge on any atom is -0.356 e. The lowest BCUT2D eigenvalue weighted by Crippen LogP contribution is -2.40. The number of nitrogens with two attached hydrogens (primary N) is 1. The van der Waals surface area contributed by atoms with Gasteiger partial charge in [0.15, 0.2) is 0 Å². The fourth-order valence-electron chi connectivity index (χ4n) is 3.08. The smallest absolute Gasteiger partial charge is 0.224 e. The van der Waals surface area contributed by atoms with Gasteiger partial charge in [0.05, 0.1) is 5.92 Å². The van der Waals surface area contributed by atoms with Crippen LogP contribution in [0.15, 0.2) is 0 Å². The first kappa shape index (κ1) is 14.8. The zero-order chi connectivity index (χ0) is 11.4. The third-order valence-corrected chi connectivity index (χ3v) is 4.20. The normalized spacial score (nSPS) is 29.7. The van der Waals surface area contributed by atoms with Crippen molar-refractivity contribution >= 4 is 18.3 Å². The molecule has 17 heavy (non-hydrogen) atoms. The molecule has 0 aromatic heterocycles. The van der Waals surface area contributed by atoms with E-state index in [1.54, 1.807) is 0 Å². The Morgan fingerprint density at radius 2 is 1.76 bits per heavy atom. The van der Waals surface area contributed by atoms with Crippen LogP contribution in [0.3, 0.4) is 0 Å². The van der Waals surface area contributed by atoms with Crippen molar-refractivity contribution < 1.29 is 4.79 Å². The van der Waals surface area contributed by atoms with Gasteiger partial charge in [-0.25, -0.2) is 0 Å². The Kier molecular flexibility index (Phi) is 6.28. The predicted molar refractivity (Wildman–Crippen MR) is 72.1 cm³/mol. The summed E-state index contributed by atoms with van der Waals surface area (Å²) in [7, 11) is 0. The van der Waals surface area contributed by atoms with Crippen LogP contribution in [0.5, 0.6) is 0 Å². The summed E-state index contributed by atoms with van der Waals surface area (Å²) in [5.74, 6) is 1.01. The first-order valence-corrected chi connectivity index (χ1v) is 6.80. The molecule has 0 heterocycles. The van der Waals surface area contributed by atoms with Crippen LogP contribution in [0.25, 0.3) is 0 Å². The van der Waals surface area contributed by atoms with Crippen LogP contribution in [0.1, 0.15) is 51.4 Å². The average Bonchev–Trinajstić information content (AvgIpc) is 2.74. The number of rotatable bonds is 3. The van der Waals surface area contributed by atoms with E-state index in [2.05, 4.69) is 5.32 Å². The monoisotopic (exact) mass is 260 g/mol. The summed E-state index contributed by atoms with van der Waals surface area (Å²) in [6.07, 6.45) is 9.74. The second-order valence-corrected chi connectivity index (χ2v) is 5.45. The highest BCUT2D eigenvalue weighted by Gasteiger charge is 2.30. The van der Waals surface area contributed by atoms with Crippen molar-refractivity contribution in [3.8, 4) is 0 Å². The topological polar surface area (TPSA) is 55.1 Å². The van der Waals surface area contributed by atoms with E-state index in [4.69, 9.17) is 5.73 Å². The van der Waals surface area contributed by atoms with Gasteiger partial charge in [-0.3, -0.25) is 4.79 Å². The van der Waals surface area contributed by atoms with Gasteiger partial charge in [0.25, 0.3) is 0 Å². The summed E-state index contributed by atoms with van der Waals surface area (Å²) in [6.45, 7) is 0.877. The highest BCUT2D eigenvalue weighted by Crippen LogP contribution is 2.25. The molecule has 4 heteroatoms. The van der Waals surface area contributed by atoms with E-state index in [0.29, 0.717) is 0 Å². The van der Waals surface area contributed by atoms with E-state index in [-0.39, 0.29) is 30.3 Å². The van der Waals surface area contributed by atoms with Crippen molar-refractivity contribution in [2.45, 2.75) is 57.4 Å². The highest BCUT2D eigenvalue weighted by atomic mass is 35.5. The third kappa shape index (κ3) is 4.14. The van der Waals surface area contributed by atoms with Gasteiger partial charge in [-0.15, -0.1) is 12.4 Å². The molecule has 0 radical (unpaired) electrons. The van der Waals surface area contributed by atoms with Gasteiger partial charge in [0.2, 0.25) is 5.91 Å². The van der Waals surface area contributed by atoms with Crippen molar-refractivity contribution in [3.05, 3.63) is 0 Å². The summed E-state index contributed by atoms with van der Waals surface area (Å²) in [4.78, 5) is 11.9. The number of carbonyl (C=O) groups is 1. The minimum atomic E-state index is 0. The van der Waals surface area contributed by atoms with Crippen molar-refractivity contribution in [1.82, 2.24) is 5.32 Å². The third-order valence-electron chi connectivity index (χ3n) is 4.20. The molecule has 2 saturated carbocycles. The Morgan fingerprint density at radius 1 is 1.06 bits per heavy atom. The predicted octanol–water partition coefficient (Wildman–Crippen LogP) is 2.23. The Morgan fingerprint density at radius 3 is 2.35 bits per heavy atom. The zero-order valence-electron chi connectivity index (χ0n) is 10.5. The lowest BCUT2D eigenvalue weighted by molar-refractivity contribution is -0.125. The molecule has 2 fully saturated rings. The summed E-state index contributed by atoms with van der Waals surface area (Å²) in [5, 5.41) is 3.11. The molecule has 0 spiro atoms. The van der Waals surface area contributed by atoms with Crippen LogP contribution in [-0.4, -0.2) is 18.5 Å². The van der Waals surface area contributed by atoms with Crippen molar-refractivity contribution in [1.29, 1.82) is 0 Å². The standard InChI is InChI=1S/C13H24N2O.ClH/c14-12-8-4-7-11(12)13(16)15-9-10-5-2-1-3-6-10;/h10-12H,1-9,14H2,(H,15,16);1H. The summed E-state index contributed by atoms with van der Waals surface area (Å²) < 4.78 is 0. The highest BCUT2D eigenvalue weighted by molar-refractivity contribution is 5.85. The molecule has 2 rings (SSSR count). The van der Waals surface area contributed by atoms with Gasteiger partial charge in [-0.1, -0.05) is 25.7 Å². The molecule has 2 aliphatic rings. The van der Waals surface area contributed by atoms with Crippen molar-refractivity contribution in [2.24, 2.45) is 17.6 Å². The molecule has 0 saturated heterocycles. The molecule has 0 aliphatic heterocycles. The second-order valence-electron chi connectivity index (χ2n) is 5.45. The fraction of sp³-hybridized carbons (Fsp3) is 0.923. The Balaban J connectivity index is 0.00000144. The van der Waals surface area contributed by atoms with Gasteiger partial charge >= 0.3 is 0 Å². The first-order valence-electron chi connectivity index (χ1n) is 6.80. The van der Waals surface area contributed by atoms with Crippen molar-refractivity contribution in [2.75, 3.05) is 6.54 Å². The van der Waals surface area contributed by atoms with E-state index >= 15 is 0 Å². The van der Waals surface area contributed by atoms with Crippen LogP contribution in [0.4, 0.5) is 0 Å². The Labute approximate surface area is 110 Å². The number of carbonyl (C=O) groups excluding carboxylic acids is 1. The number of hydrogen-bond donors (Lipinski definition) is 2. The number of halogens is 1. The Hall–Kier alpha value is -0.280. The average molecular weight is 261 g/mol. The van der Waals surface area contributed by atoms with Crippen LogP contribution in [0, 0.1) is 11.8 Å². The van der Waals surface area contributed by atoms with E-state index < -0.39 is 0 Å². The molecular formula is C13H25ClN2O. The molecule has 0 aromatic carbocycles. The summed E-state index contributed by atoms with van der Waals surface area (Å²) in [5.41, 5.74) is 5.93. The van der Waals surface area contributed by atoms with E-state index in [1.165, 1.54) is 32.1 Å². The SMILES string of the molecule is Cl.NC1CCCC1C(=O)NCC1CCCCC1. The van der Waals surface area contributed by atoms with Crippen LogP contribution >= 0.6 is 12.4 Å². The summed E-state index contributed by atoms with van der Waals surface area (Å²) >= 11 is 0. The second kappa shape index (κ2) is 7.22. The number of nitrogens with one attached hydrogen (secondary N) is 1. The number of hydrogen-bond acceptors (Lipinski definition) is 2.